The Kier molecular flexibility index (Phi) is 6.18. The van der Waals surface area contributed by atoms with Gasteiger partial charge in [-0.05, 0) is 31.0 Å². The zero-order chi connectivity index (χ0) is 23.8. The van der Waals surface area contributed by atoms with Crippen molar-refractivity contribution in [3.8, 4) is 22.5 Å². The van der Waals surface area contributed by atoms with Gasteiger partial charge < -0.3 is 4.90 Å². The Morgan fingerprint density at radius 1 is 1.18 bits per heavy atom. The standard InChI is InChI=1S/C23H23F4N5O/c1-13(2)22(33)32-10-7-14(8-11-32)20-18(17-6-9-28-12-29-17)21(31-30-20)15-4-3-5-16(19(15)24)23(25,26)27/h3-6,9,12-14H,7-8,10-11H2,1-2H3,(H,30,31). The highest BCUT2D eigenvalue weighted by atomic mass is 19.4. The van der Waals surface area contributed by atoms with Gasteiger partial charge in [-0.15, -0.1) is 0 Å². The number of amides is 1. The Balaban J connectivity index is 1.76. The number of halogens is 4. The minimum absolute atomic E-state index is 0.0405. The molecule has 1 aromatic carbocycles. The van der Waals surface area contributed by atoms with E-state index in [-0.39, 0.29) is 29.0 Å². The first-order valence-electron chi connectivity index (χ1n) is 10.7. The van der Waals surface area contributed by atoms with Gasteiger partial charge in [0.25, 0.3) is 0 Å². The lowest BCUT2D eigenvalue weighted by Crippen LogP contribution is -2.40. The van der Waals surface area contributed by atoms with Crippen molar-refractivity contribution in [2.75, 3.05) is 13.1 Å². The Labute approximate surface area is 188 Å². The van der Waals surface area contributed by atoms with Crippen LogP contribution in [0.1, 0.15) is 43.9 Å². The van der Waals surface area contributed by atoms with Crippen LogP contribution in [-0.2, 0) is 11.0 Å². The van der Waals surface area contributed by atoms with Crippen LogP contribution in [0.5, 0.6) is 0 Å². The first-order chi connectivity index (χ1) is 15.7. The van der Waals surface area contributed by atoms with Gasteiger partial charge in [0, 0.05) is 47.9 Å². The second-order valence-corrected chi connectivity index (χ2v) is 8.37. The van der Waals surface area contributed by atoms with Gasteiger partial charge in [-0.2, -0.15) is 18.3 Å². The van der Waals surface area contributed by atoms with E-state index in [4.69, 9.17) is 0 Å². The van der Waals surface area contributed by atoms with Gasteiger partial charge in [-0.1, -0.05) is 19.9 Å². The van der Waals surface area contributed by atoms with Gasteiger partial charge in [-0.25, -0.2) is 14.4 Å². The predicted octanol–water partition coefficient (Wildman–Crippen LogP) is 5.05. The lowest BCUT2D eigenvalue weighted by Gasteiger charge is -2.33. The minimum atomic E-state index is -4.83. The van der Waals surface area contributed by atoms with Crippen molar-refractivity contribution in [3.63, 3.8) is 0 Å². The molecular weight excluding hydrogens is 438 g/mol. The van der Waals surface area contributed by atoms with Gasteiger partial charge in [0.1, 0.15) is 17.8 Å². The maximum atomic E-state index is 15.0. The van der Waals surface area contributed by atoms with Crippen LogP contribution in [0.3, 0.4) is 0 Å². The number of piperidine rings is 1. The fraction of sp³-hybridized carbons (Fsp3) is 0.391. The van der Waals surface area contributed by atoms with E-state index in [1.54, 1.807) is 6.07 Å². The molecule has 33 heavy (non-hydrogen) atoms. The summed E-state index contributed by atoms with van der Waals surface area (Å²) >= 11 is 0. The zero-order valence-corrected chi connectivity index (χ0v) is 18.2. The molecule has 3 heterocycles. The molecule has 3 aromatic rings. The third-order valence-corrected chi connectivity index (χ3v) is 5.90. The Morgan fingerprint density at radius 2 is 1.91 bits per heavy atom. The number of benzene rings is 1. The number of aromatic nitrogens is 4. The number of carbonyl (C=O) groups is 1. The highest BCUT2D eigenvalue weighted by Crippen LogP contribution is 2.42. The van der Waals surface area contributed by atoms with Crippen molar-refractivity contribution in [2.24, 2.45) is 5.92 Å². The molecule has 6 nitrogen and oxygen atoms in total. The first kappa shape index (κ1) is 22.9. The Hall–Kier alpha value is -3.30. The van der Waals surface area contributed by atoms with Crippen molar-refractivity contribution in [1.29, 1.82) is 0 Å². The number of nitrogens with zero attached hydrogens (tertiary/aromatic N) is 4. The van der Waals surface area contributed by atoms with Crippen molar-refractivity contribution in [3.05, 3.63) is 53.9 Å². The molecule has 174 valence electrons. The van der Waals surface area contributed by atoms with Gasteiger partial charge in [0.15, 0.2) is 0 Å². The molecule has 0 aliphatic carbocycles. The normalized spacial score (nSPS) is 15.3. The maximum Gasteiger partial charge on any atom is 0.419 e. The molecule has 0 saturated carbocycles. The highest BCUT2D eigenvalue weighted by molar-refractivity contribution is 5.82. The molecule has 0 atom stereocenters. The van der Waals surface area contributed by atoms with Crippen LogP contribution < -0.4 is 0 Å². The third kappa shape index (κ3) is 4.46. The molecule has 1 saturated heterocycles. The van der Waals surface area contributed by atoms with E-state index in [1.165, 1.54) is 18.6 Å². The van der Waals surface area contributed by atoms with E-state index >= 15 is 0 Å². The Bertz CT molecular complexity index is 1140. The molecule has 4 rings (SSSR count). The third-order valence-electron chi connectivity index (χ3n) is 5.90. The number of H-pyrrole nitrogens is 1. The van der Waals surface area contributed by atoms with Gasteiger partial charge in [0.2, 0.25) is 5.91 Å². The number of alkyl halides is 3. The summed E-state index contributed by atoms with van der Waals surface area (Å²) in [6, 6.07) is 4.76. The fourth-order valence-corrected chi connectivity index (χ4v) is 4.23. The van der Waals surface area contributed by atoms with Crippen molar-refractivity contribution < 1.29 is 22.4 Å². The van der Waals surface area contributed by atoms with Crippen molar-refractivity contribution in [2.45, 2.75) is 38.8 Å². The second-order valence-electron chi connectivity index (χ2n) is 8.37. The van der Waals surface area contributed by atoms with Gasteiger partial charge in [0.05, 0.1) is 11.3 Å². The largest absolute Gasteiger partial charge is 0.419 e. The first-order valence-corrected chi connectivity index (χ1v) is 10.7. The monoisotopic (exact) mass is 461 g/mol. The molecule has 0 radical (unpaired) electrons. The second kappa shape index (κ2) is 8.92. The van der Waals surface area contributed by atoms with Crippen molar-refractivity contribution >= 4 is 5.91 Å². The number of aromatic amines is 1. The van der Waals surface area contributed by atoms with Crippen LogP contribution in [0.4, 0.5) is 17.6 Å². The van der Waals surface area contributed by atoms with E-state index in [1.807, 2.05) is 18.7 Å². The molecule has 1 aliphatic rings. The number of rotatable bonds is 4. The van der Waals surface area contributed by atoms with Crippen LogP contribution in [0.2, 0.25) is 0 Å². The lowest BCUT2D eigenvalue weighted by atomic mass is 9.88. The van der Waals surface area contributed by atoms with E-state index in [0.29, 0.717) is 48.9 Å². The molecule has 0 bridgehead atoms. The summed E-state index contributed by atoms with van der Waals surface area (Å²) in [5, 5.41) is 7.16. The molecule has 1 fully saturated rings. The van der Waals surface area contributed by atoms with Crippen LogP contribution in [0.25, 0.3) is 22.5 Å². The van der Waals surface area contributed by atoms with Crippen LogP contribution in [-0.4, -0.2) is 44.1 Å². The lowest BCUT2D eigenvalue weighted by molar-refractivity contribution is -0.140. The van der Waals surface area contributed by atoms with Crippen LogP contribution in [0.15, 0.2) is 36.8 Å². The van der Waals surface area contributed by atoms with Gasteiger partial charge in [-0.3, -0.25) is 9.89 Å². The van der Waals surface area contributed by atoms with Crippen LogP contribution in [0, 0.1) is 11.7 Å². The summed E-state index contributed by atoms with van der Waals surface area (Å²) in [6.07, 6.45) is -0.714. The topological polar surface area (TPSA) is 74.8 Å². The molecular formula is C23H23F4N5O. The summed E-state index contributed by atoms with van der Waals surface area (Å²) in [4.78, 5) is 22.3. The zero-order valence-electron chi connectivity index (χ0n) is 18.2. The van der Waals surface area contributed by atoms with E-state index in [9.17, 15) is 22.4 Å². The fourth-order valence-electron chi connectivity index (χ4n) is 4.23. The number of likely N-dealkylation sites (tertiary alicyclic amines) is 1. The molecule has 0 unspecified atom stereocenters. The molecule has 1 N–H and O–H groups in total. The molecule has 0 spiro atoms. The Morgan fingerprint density at radius 3 is 2.52 bits per heavy atom. The number of hydrogen-bond acceptors (Lipinski definition) is 4. The quantitative estimate of drug-likeness (QED) is 0.552. The molecule has 2 aromatic heterocycles. The summed E-state index contributed by atoms with van der Waals surface area (Å²) in [5.41, 5.74) is 0.00250. The van der Waals surface area contributed by atoms with Gasteiger partial charge >= 0.3 is 6.18 Å². The predicted molar refractivity (Wildman–Crippen MR) is 113 cm³/mol. The smallest absolute Gasteiger partial charge is 0.342 e. The number of hydrogen-bond donors (Lipinski definition) is 1. The summed E-state index contributed by atoms with van der Waals surface area (Å²) in [6.45, 7) is 4.81. The van der Waals surface area contributed by atoms with E-state index < -0.39 is 17.6 Å². The molecule has 1 amide bonds. The molecule has 1 aliphatic heterocycles. The summed E-state index contributed by atoms with van der Waals surface area (Å²) < 4.78 is 54.9. The SMILES string of the molecule is CC(C)C(=O)N1CCC(c2[nH]nc(-c3cccc(C(F)(F)F)c3F)c2-c2ccncn2)CC1. The average Bonchev–Trinajstić information content (AvgIpc) is 3.23. The number of nitrogens with one attached hydrogen (secondary N) is 1. The highest BCUT2D eigenvalue weighted by Gasteiger charge is 2.36. The average molecular weight is 461 g/mol. The van der Waals surface area contributed by atoms with Crippen LogP contribution >= 0.6 is 0 Å². The van der Waals surface area contributed by atoms with E-state index in [2.05, 4.69) is 20.2 Å². The maximum absolute atomic E-state index is 15.0. The molecule has 10 heteroatoms. The summed E-state index contributed by atoms with van der Waals surface area (Å²) in [7, 11) is 0. The minimum Gasteiger partial charge on any atom is -0.342 e. The van der Waals surface area contributed by atoms with E-state index in [0.717, 1.165) is 6.07 Å². The summed E-state index contributed by atoms with van der Waals surface area (Å²) in [5.74, 6) is -1.43. The van der Waals surface area contributed by atoms with Crippen molar-refractivity contribution in [1.82, 2.24) is 25.1 Å². The number of carbonyl (C=O) groups excluding carboxylic acids is 1.